The Hall–Kier alpha value is -3.71. The number of benzene rings is 2. The van der Waals surface area contributed by atoms with Gasteiger partial charge in [-0.2, -0.15) is 0 Å². The van der Waals surface area contributed by atoms with Crippen molar-refractivity contribution in [3.8, 4) is 0 Å². The van der Waals surface area contributed by atoms with Crippen LogP contribution in [0.15, 0.2) is 86.0 Å². The monoisotopic (exact) mass is 560 g/mol. The molecule has 1 fully saturated rings. The predicted molar refractivity (Wildman–Crippen MR) is 161 cm³/mol. The normalized spacial score (nSPS) is 16.8. The molecule has 1 aliphatic heterocycles. The first-order valence-electron chi connectivity index (χ1n) is 14.7. The van der Waals surface area contributed by atoms with Crippen LogP contribution in [-0.2, 0) is 25.5 Å². The van der Waals surface area contributed by atoms with E-state index < -0.39 is 12.0 Å². The molecule has 0 unspecified atom stereocenters. The van der Waals surface area contributed by atoms with Crippen LogP contribution in [0.3, 0.4) is 0 Å². The van der Waals surface area contributed by atoms with Crippen molar-refractivity contribution < 1.29 is 24.2 Å². The number of aliphatic hydroxyl groups is 1. The van der Waals surface area contributed by atoms with Crippen molar-refractivity contribution >= 4 is 17.8 Å². The second-order valence-electron chi connectivity index (χ2n) is 10.7. The predicted octanol–water partition coefficient (Wildman–Crippen LogP) is 5.17. The number of aliphatic hydroxyl groups excluding tert-OH is 1. The van der Waals surface area contributed by atoms with Crippen molar-refractivity contribution in [1.29, 1.82) is 0 Å². The molecule has 0 radical (unpaired) electrons. The third kappa shape index (κ3) is 10.0. The SMILES string of the molecule is C=CCCC[C@H](Cc1ccccc1)C(=O)O[C@@H](CNC(=O)[C@H](CC=C)CC(=O)N1CCC[C@H]1CO)c1ccccc1. The fourth-order valence-corrected chi connectivity index (χ4v) is 5.35. The van der Waals surface area contributed by atoms with Crippen molar-refractivity contribution in [2.75, 3.05) is 19.7 Å². The minimum absolute atomic E-state index is 0.0343. The Morgan fingerprint density at radius 2 is 1.73 bits per heavy atom. The zero-order chi connectivity index (χ0) is 29.5. The van der Waals surface area contributed by atoms with E-state index in [0.29, 0.717) is 25.8 Å². The lowest BCUT2D eigenvalue weighted by atomic mass is 9.94. The largest absolute Gasteiger partial charge is 0.455 e. The van der Waals surface area contributed by atoms with Crippen LogP contribution in [0.25, 0.3) is 0 Å². The molecule has 0 bridgehead atoms. The van der Waals surface area contributed by atoms with E-state index >= 15 is 0 Å². The molecule has 2 aromatic carbocycles. The molecule has 220 valence electrons. The maximum atomic E-state index is 13.5. The Bertz CT molecular complexity index is 1120. The van der Waals surface area contributed by atoms with Gasteiger partial charge >= 0.3 is 5.97 Å². The summed E-state index contributed by atoms with van der Waals surface area (Å²) in [6.07, 6.45) is 7.68. The molecule has 4 atom stereocenters. The van der Waals surface area contributed by atoms with Gasteiger partial charge in [0.25, 0.3) is 0 Å². The maximum Gasteiger partial charge on any atom is 0.309 e. The van der Waals surface area contributed by atoms with Gasteiger partial charge in [0.05, 0.1) is 31.0 Å². The molecule has 0 spiro atoms. The number of nitrogens with one attached hydrogen (secondary N) is 1. The number of amides is 2. The van der Waals surface area contributed by atoms with E-state index in [1.807, 2.05) is 66.7 Å². The van der Waals surface area contributed by atoms with Crippen LogP contribution < -0.4 is 5.32 Å². The molecule has 2 aromatic rings. The quantitative estimate of drug-likeness (QED) is 0.158. The highest BCUT2D eigenvalue weighted by molar-refractivity contribution is 5.86. The van der Waals surface area contributed by atoms with Gasteiger partial charge in [0.2, 0.25) is 11.8 Å². The van der Waals surface area contributed by atoms with Gasteiger partial charge < -0.3 is 20.1 Å². The minimum Gasteiger partial charge on any atom is -0.455 e. The first-order valence-corrected chi connectivity index (χ1v) is 14.7. The highest BCUT2D eigenvalue weighted by Crippen LogP contribution is 2.24. The Labute approximate surface area is 244 Å². The Balaban J connectivity index is 1.69. The highest BCUT2D eigenvalue weighted by Gasteiger charge is 2.32. The summed E-state index contributed by atoms with van der Waals surface area (Å²) < 4.78 is 6.08. The smallest absolute Gasteiger partial charge is 0.309 e. The summed E-state index contributed by atoms with van der Waals surface area (Å²) in [5.41, 5.74) is 1.85. The maximum absolute atomic E-state index is 13.5. The topological polar surface area (TPSA) is 95.9 Å². The van der Waals surface area contributed by atoms with Gasteiger partial charge in [-0.3, -0.25) is 14.4 Å². The van der Waals surface area contributed by atoms with E-state index in [-0.39, 0.29) is 49.3 Å². The molecular formula is C34H44N2O5. The number of ether oxygens (including phenoxy) is 1. The number of carbonyl (C=O) groups excluding carboxylic acids is 3. The first kappa shape index (κ1) is 31.8. The average molecular weight is 561 g/mol. The van der Waals surface area contributed by atoms with Crippen molar-refractivity contribution in [2.24, 2.45) is 11.8 Å². The summed E-state index contributed by atoms with van der Waals surface area (Å²) in [4.78, 5) is 41.4. The van der Waals surface area contributed by atoms with Gasteiger partial charge in [0.1, 0.15) is 6.10 Å². The molecule has 7 nitrogen and oxygen atoms in total. The number of carbonyl (C=O) groups is 3. The Morgan fingerprint density at radius 1 is 1.02 bits per heavy atom. The van der Waals surface area contributed by atoms with Crippen molar-refractivity contribution in [2.45, 2.75) is 63.5 Å². The van der Waals surface area contributed by atoms with E-state index in [4.69, 9.17) is 4.74 Å². The number of hydrogen-bond donors (Lipinski definition) is 2. The fraction of sp³-hybridized carbons (Fsp3) is 0.441. The molecule has 41 heavy (non-hydrogen) atoms. The first-order chi connectivity index (χ1) is 20.0. The molecule has 1 aliphatic rings. The van der Waals surface area contributed by atoms with Crippen LogP contribution in [0.2, 0.25) is 0 Å². The molecule has 1 heterocycles. The Kier molecular flexibility index (Phi) is 13.3. The molecule has 3 rings (SSSR count). The summed E-state index contributed by atoms with van der Waals surface area (Å²) >= 11 is 0. The van der Waals surface area contributed by atoms with Crippen LogP contribution >= 0.6 is 0 Å². The molecule has 0 aromatic heterocycles. The molecule has 2 N–H and O–H groups in total. The lowest BCUT2D eigenvalue weighted by Crippen LogP contribution is -2.41. The van der Waals surface area contributed by atoms with E-state index in [2.05, 4.69) is 18.5 Å². The summed E-state index contributed by atoms with van der Waals surface area (Å²) in [7, 11) is 0. The molecular weight excluding hydrogens is 516 g/mol. The lowest BCUT2D eigenvalue weighted by Gasteiger charge is -2.26. The van der Waals surface area contributed by atoms with Gasteiger partial charge in [-0.1, -0.05) is 72.8 Å². The number of allylic oxidation sites excluding steroid dienone is 2. The second-order valence-corrected chi connectivity index (χ2v) is 10.7. The van der Waals surface area contributed by atoms with Crippen molar-refractivity contribution in [3.63, 3.8) is 0 Å². The third-order valence-corrected chi connectivity index (χ3v) is 7.66. The van der Waals surface area contributed by atoms with Gasteiger partial charge in [-0.05, 0) is 56.1 Å². The van der Waals surface area contributed by atoms with E-state index in [9.17, 15) is 19.5 Å². The minimum atomic E-state index is -0.678. The summed E-state index contributed by atoms with van der Waals surface area (Å²) in [5, 5.41) is 12.5. The highest BCUT2D eigenvalue weighted by atomic mass is 16.5. The van der Waals surface area contributed by atoms with Crippen LogP contribution in [0.4, 0.5) is 0 Å². The number of rotatable bonds is 17. The number of esters is 1. The molecule has 7 heteroatoms. The van der Waals surface area contributed by atoms with Gasteiger partial charge in [0, 0.05) is 13.0 Å². The van der Waals surface area contributed by atoms with Gasteiger partial charge in [-0.25, -0.2) is 0 Å². The van der Waals surface area contributed by atoms with E-state index in [0.717, 1.165) is 36.8 Å². The van der Waals surface area contributed by atoms with Crippen molar-refractivity contribution in [3.05, 3.63) is 97.1 Å². The number of nitrogens with zero attached hydrogens (tertiary/aromatic N) is 1. The van der Waals surface area contributed by atoms with E-state index in [1.54, 1.807) is 11.0 Å². The second kappa shape index (κ2) is 17.2. The van der Waals surface area contributed by atoms with E-state index in [1.165, 1.54) is 0 Å². The van der Waals surface area contributed by atoms with Crippen LogP contribution in [0.5, 0.6) is 0 Å². The fourth-order valence-electron chi connectivity index (χ4n) is 5.35. The number of hydrogen-bond acceptors (Lipinski definition) is 5. The summed E-state index contributed by atoms with van der Waals surface area (Å²) in [5.74, 6) is -1.66. The molecule has 2 amide bonds. The zero-order valence-electron chi connectivity index (χ0n) is 24.0. The standard InChI is InChI=1S/C34H44N2O5/c1-3-5-8-19-29(22-26-15-9-6-10-16-26)34(40)41-31(27-17-11-7-12-18-27)24-35-33(39)28(14-4-2)23-32(38)36-21-13-20-30(36)25-37/h3-4,6-7,9-12,15-18,28-31,37H,1-2,5,8,13-14,19-25H2,(H,35,39)/t28-,29-,30+,31+/m1/s1. The average Bonchev–Trinajstić information content (AvgIpc) is 3.48. The van der Waals surface area contributed by atoms with Crippen molar-refractivity contribution in [1.82, 2.24) is 10.2 Å². The summed E-state index contributed by atoms with van der Waals surface area (Å²) in [6, 6.07) is 19.1. The van der Waals surface area contributed by atoms with Crippen LogP contribution in [0, 0.1) is 11.8 Å². The van der Waals surface area contributed by atoms with Gasteiger partial charge in [-0.15, -0.1) is 13.2 Å². The van der Waals surface area contributed by atoms with Crippen LogP contribution in [0.1, 0.15) is 62.2 Å². The zero-order valence-corrected chi connectivity index (χ0v) is 24.0. The molecule has 1 saturated heterocycles. The van der Waals surface area contributed by atoms with Crippen LogP contribution in [-0.4, -0.2) is 53.5 Å². The van der Waals surface area contributed by atoms with Gasteiger partial charge in [0.15, 0.2) is 0 Å². The molecule has 0 aliphatic carbocycles. The number of unbranched alkanes of at least 4 members (excludes halogenated alkanes) is 1. The summed E-state index contributed by atoms with van der Waals surface area (Å²) in [6.45, 7) is 8.16. The Morgan fingerprint density at radius 3 is 2.39 bits per heavy atom. The third-order valence-electron chi connectivity index (χ3n) is 7.66. The number of likely N-dealkylation sites (tertiary alicyclic amines) is 1. The molecule has 0 saturated carbocycles. The lowest BCUT2D eigenvalue weighted by molar-refractivity contribution is -0.155.